The minimum atomic E-state index is 1.28. The van der Waals surface area contributed by atoms with Crippen LogP contribution in [-0.2, 0) is 0 Å². The zero-order valence-electron chi connectivity index (χ0n) is 15.8. The van der Waals surface area contributed by atoms with Gasteiger partial charge in [-0.1, -0.05) is 110 Å². The van der Waals surface area contributed by atoms with Gasteiger partial charge in [-0.15, -0.1) is 0 Å². The van der Waals surface area contributed by atoms with Crippen LogP contribution >= 0.6 is 0 Å². The Morgan fingerprint density at radius 3 is 1.22 bits per heavy atom. The van der Waals surface area contributed by atoms with E-state index in [1.54, 1.807) is 0 Å². The standard InChI is InChI=1S/C23H41/c1-2-3-4-5-6-7-8-9-10-11-12-13-14-15-16-17-20-23-21-18-19-22-23/h18-19,21-22H,2-17,20H2,1H3. The minimum Gasteiger partial charge on any atom is -0.0654 e. The van der Waals surface area contributed by atoms with Crippen LogP contribution in [0.4, 0.5) is 0 Å². The Hall–Kier alpha value is 0. The zero-order chi connectivity index (χ0) is 16.4. The SMILES string of the molecule is CCCCCCCCCCCCCCCCCC[C]1[CH][CH][CH][CH]1. The molecule has 133 valence electrons. The third-order valence-corrected chi connectivity index (χ3v) is 5.05. The van der Waals surface area contributed by atoms with Gasteiger partial charge in [0, 0.05) is 0 Å². The molecule has 0 atom stereocenters. The van der Waals surface area contributed by atoms with E-state index in [0.717, 1.165) is 0 Å². The van der Waals surface area contributed by atoms with Crippen molar-refractivity contribution >= 4 is 0 Å². The summed E-state index contributed by atoms with van der Waals surface area (Å²) in [4.78, 5) is 0. The second-order valence-corrected chi connectivity index (χ2v) is 7.35. The zero-order valence-corrected chi connectivity index (χ0v) is 15.8. The molecule has 1 saturated carbocycles. The van der Waals surface area contributed by atoms with Gasteiger partial charge in [0.2, 0.25) is 0 Å². The molecule has 0 unspecified atom stereocenters. The van der Waals surface area contributed by atoms with Gasteiger partial charge in [0.05, 0.1) is 0 Å². The Morgan fingerprint density at radius 2 is 0.826 bits per heavy atom. The molecule has 23 heavy (non-hydrogen) atoms. The molecule has 0 aromatic carbocycles. The van der Waals surface area contributed by atoms with Crippen molar-refractivity contribution in [2.75, 3.05) is 0 Å². The smallest absolute Gasteiger partial charge is 0.0167 e. The van der Waals surface area contributed by atoms with Gasteiger partial charge in [-0.2, -0.15) is 0 Å². The molecule has 0 N–H and O–H groups in total. The van der Waals surface area contributed by atoms with Crippen molar-refractivity contribution < 1.29 is 0 Å². The van der Waals surface area contributed by atoms with Crippen LogP contribution in [0.25, 0.3) is 0 Å². The van der Waals surface area contributed by atoms with Crippen LogP contribution in [0.1, 0.15) is 116 Å². The fraction of sp³-hybridized carbons (Fsp3) is 0.783. The van der Waals surface area contributed by atoms with Gasteiger partial charge < -0.3 is 0 Å². The summed E-state index contributed by atoms with van der Waals surface area (Å²) in [5.74, 6) is 1.52. The summed E-state index contributed by atoms with van der Waals surface area (Å²) in [6.07, 6.45) is 33.3. The maximum absolute atomic E-state index is 2.30. The van der Waals surface area contributed by atoms with Crippen molar-refractivity contribution in [1.82, 2.24) is 0 Å². The van der Waals surface area contributed by atoms with E-state index in [1.807, 2.05) is 0 Å². The van der Waals surface area contributed by atoms with Gasteiger partial charge in [-0.05, 0) is 38.0 Å². The van der Waals surface area contributed by atoms with Crippen LogP contribution in [0.3, 0.4) is 0 Å². The largest absolute Gasteiger partial charge is 0.0654 e. The molecule has 0 bridgehead atoms. The summed E-state index contributed by atoms with van der Waals surface area (Å²) in [5, 5.41) is 0. The maximum atomic E-state index is 2.30. The Bertz CT molecular complexity index is 214. The number of hydrogen-bond donors (Lipinski definition) is 0. The summed E-state index contributed by atoms with van der Waals surface area (Å²) in [6, 6.07) is 0. The summed E-state index contributed by atoms with van der Waals surface area (Å²) in [7, 11) is 0. The van der Waals surface area contributed by atoms with Gasteiger partial charge in [0.1, 0.15) is 0 Å². The third-order valence-electron chi connectivity index (χ3n) is 5.05. The molecule has 0 saturated heterocycles. The van der Waals surface area contributed by atoms with Gasteiger partial charge in [-0.25, -0.2) is 0 Å². The van der Waals surface area contributed by atoms with E-state index in [2.05, 4.69) is 32.6 Å². The second-order valence-electron chi connectivity index (χ2n) is 7.35. The summed E-state index contributed by atoms with van der Waals surface area (Å²) >= 11 is 0. The van der Waals surface area contributed by atoms with Gasteiger partial charge in [0.15, 0.2) is 0 Å². The molecular formula is C23H41. The van der Waals surface area contributed by atoms with Crippen molar-refractivity contribution in [3.05, 3.63) is 31.6 Å². The van der Waals surface area contributed by atoms with Crippen LogP contribution in [0, 0.1) is 31.6 Å². The first kappa shape index (κ1) is 21.0. The highest BCUT2D eigenvalue weighted by atomic mass is 14.2. The molecule has 0 aliphatic heterocycles. The van der Waals surface area contributed by atoms with Crippen LogP contribution in [0.2, 0.25) is 0 Å². The van der Waals surface area contributed by atoms with Crippen molar-refractivity contribution in [3.8, 4) is 0 Å². The highest BCUT2D eigenvalue weighted by Crippen LogP contribution is 2.28. The summed E-state index contributed by atoms with van der Waals surface area (Å²) in [6.45, 7) is 2.30. The molecule has 0 heterocycles. The monoisotopic (exact) mass is 317 g/mol. The van der Waals surface area contributed by atoms with E-state index < -0.39 is 0 Å². The van der Waals surface area contributed by atoms with Gasteiger partial charge in [-0.3, -0.25) is 0 Å². The number of hydrogen-bond acceptors (Lipinski definition) is 0. The fourth-order valence-electron chi connectivity index (χ4n) is 3.46. The number of unbranched alkanes of at least 4 members (excludes halogenated alkanes) is 15. The Labute approximate surface area is 148 Å². The van der Waals surface area contributed by atoms with Crippen LogP contribution in [-0.4, -0.2) is 0 Å². The molecular weight excluding hydrogens is 276 g/mol. The van der Waals surface area contributed by atoms with E-state index in [1.165, 1.54) is 115 Å². The van der Waals surface area contributed by atoms with Crippen molar-refractivity contribution in [3.63, 3.8) is 0 Å². The van der Waals surface area contributed by atoms with E-state index in [4.69, 9.17) is 0 Å². The Balaban J connectivity index is 1.64. The molecule has 1 rings (SSSR count). The van der Waals surface area contributed by atoms with Crippen molar-refractivity contribution in [1.29, 1.82) is 0 Å². The lowest BCUT2D eigenvalue weighted by atomic mass is 9.99. The average molecular weight is 318 g/mol. The number of rotatable bonds is 17. The maximum Gasteiger partial charge on any atom is -0.0167 e. The lowest BCUT2D eigenvalue weighted by Crippen LogP contribution is -1.91. The Kier molecular flexibility index (Phi) is 15.4. The molecule has 0 aromatic heterocycles. The average Bonchev–Trinajstić information content (AvgIpc) is 3.08. The van der Waals surface area contributed by atoms with Crippen molar-refractivity contribution in [2.24, 2.45) is 0 Å². The first-order valence-electron chi connectivity index (χ1n) is 10.6. The van der Waals surface area contributed by atoms with Crippen LogP contribution in [0.15, 0.2) is 0 Å². The first-order chi connectivity index (χ1) is 11.4. The van der Waals surface area contributed by atoms with Gasteiger partial charge >= 0.3 is 0 Å². The molecule has 0 nitrogen and oxygen atoms in total. The predicted molar refractivity (Wildman–Crippen MR) is 105 cm³/mol. The fourth-order valence-corrected chi connectivity index (χ4v) is 3.46. The lowest BCUT2D eigenvalue weighted by molar-refractivity contribution is 0.528. The van der Waals surface area contributed by atoms with Crippen LogP contribution < -0.4 is 0 Å². The normalized spacial score (nSPS) is 15.5. The van der Waals surface area contributed by atoms with E-state index in [-0.39, 0.29) is 0 Å². The Morgan fingerprint density at radius 1 is 0.478 bits per heavy atom. The van der Waals surface area contributed by atoms with Gasteiger partial charge in [0.25, 0.3) is 0 Å². The topological polar surface area (TPSA) is 0 Å². The van der Waals surface area contributed by atoms with E-state index in [0.29, 0.717) is 0 Å². The summed E-state index contributed by atoms with van der Waals surface area (Å²) in [5.41, 5.74) is 0. The third kappa shape index (κ3) is 14.1. The quantitative estimate of drug-likeness (QED) is 0.238. The highest BCUT2D eigenvalue weighted by molar-refractivity contribution is 5.34. The summed E-state index contributed by atoms with van der Waals surface area (Å²) < 4.78 is 0. The molecule has 0 heteroatoms. The highest BCUT2D eigenvalue weighted by Gasteiger charge is 2.15. The molecule has 0 spiro atoms. The van der Waals surface area contributed by atoms with E-state index in [9.17, 15) is 0 Å². The van der Waals surface area contributed by atoms with Crippen LogP contribution in [0.5, 0.6) is 0 Å². The van der Waals surface area contributed by atoms with E-state index >= 15 is 0 Å². The molecule has 0 amide bonds. The molecule has 0 aromatic rings. The molecule has 1 aliphatic rings. The first-order valence-corrected chi connectivity index (χ1v) is 10.6. The second kappa shape index (κ2) is 16.8. The van der Waals surface area contributed by atoms with Crippen molar-refractivity contribution in [2.45, 2.75) is 116 Å². The molecule has 5 radical (unpaired) electrons. The molecule has 1 fully saturated rings. The molecule has 1 aliphatic carbocycles. The lowest BCUT2D eigenvalue weighted by Gasteiger charge is -2.07. The minimum absolute atomic E-state index is 1.28. The predicted octanol–water partition coefficient (Wildman–Crippen LogP) is 8.04.